The van der Waals surface area contributed by atoms with Crippen LogP contribution in [0, 0.1) is 0 Å². The van der Waals surface area contributed by atoms with E-state index in [1.165, 1.54) is 7.11 Å². The summed E-state index contributed by atoms with van der Waals surface area (Å²) in [6.07, 6.45) is 3.81. The standard InChI is InChI=1S/C9H12NO2S/c1-10-5-4-7(9(11)12-2)6-8(10)13-3/h4-6H,1-3H3/q+1. The predicted molar refractivity (Wildman–Crippen MR) is 50.7 cm³/mol. The van der Waals surface area contributed by atoms with Crippen LogP contribution in [0.2, 0.25) is 0 Å². The van der Waals surface area contributed by atoms with Crippen molar-refractivity contribution in [2.75, 3.05) is 13.4 Å². The van der Waals surface area contributed by atoms with Gasteiger partial charge in [-0.15, -0.1) is 0 Å². The van der Waals surface area contributed by atoms with Crippen molar-refractivity contribution in [2.45, 2.75) is 5.03 Å². The van der Waals surface area contributed by atoms with Crippen LogP contribution in [-0.2, 0) is 11.8 Å². The number of carbonyl (C=O) groups is 1. The number of aryl methyl sites for hydroxylation is 1. The molecule has 0 saturated heterocycles. The summed E-state index contributed by atoms with van der Waals surface area (Å²) in [6, 6.07) is 3.56. The van der Waals surface area contributed by atoms with Crippen LogP contribution in [0.4, 0.5) is 0 Å². The normalized spacial score (nSPS) is 9.77. The minimum atomic E-state index is -0.295. The highest BCUT2D eigenvalue weighted by Crippen LogP contribution is 2.11. The molecule has 0 aliphatic rings. The Morgan fingerprint density at radius 3 is 2.85 bits per heavy atom. The van der Waals surface area contributed by atoms with E-state index in [2.05, 4.69) is 4.74 Å². The van der Waals surface area contributed by atoms with Crippen LogP contribution in [0.3, 0.4) is 0 Å². The third-order valence-electron chi connectivity index (χ3n) is 1.73. The van der Waals surface area contributed by atoms with E-state index in [9.17, 15) is 4.79 Å². The molecule has 0 aliphatic heterocycles. The highest BCUT2D eigenvalue weighted by molar-refractivity contribution is 7.98. The minimum absolute atomic E-state index is 0.295. The maximum Gasteiger partial charge on any atom is 0.338 e. The van der Waals surface area contributed by atoms with E-state index in [0.717, 1.165) is 5.03 Å². The van der Waals surface area contributed by atoms with Crippen LogP contribution in [0.1, 0.15) is 10.4 Å². The molecule has 0 radical (unpaired) electrons. The molecule has 1 heterocycles. The fourth-order valence-electron chi connectivity index (χ4n) is 0.996. The summed E-state index contributed by atoms with van der Waals surface area (Å²) in [4.78, 5) is 11.2. The number of methoxy groups -OCH3 is 1. The van der Waals surface area contributed by atoms with Crippen LogP contribution in [0.15, 0.2) is 23.4 Å². The van der Waals surface area contributed by atoms with Gasteiger partial charge in [0.05, 0.1) is 12.7 Å². The topological polar surface area (TPSA) is 30.2 Å². The van der Waals surface area contributed by atoms with Gasteiger partial charge in [0, 0.05) is 12.1 Å². The van der Waals surface area contributed by atoms with Gasteiger partial charge in [0.15, 0.2) is 6.20 Å². The lowest BCUT2D eigenvalue weighted by molar-refractivity contribution is -0.708. The van der Waals surface area contributed by atoms with Gasteiger partial charge in [-0.1, -0.05) is 11.8 Å². The number of carbonyl (C=O) groups excluding carboxylic acids is 1. The Morgan fingerprint density at radius 1 is 1.62 bits per heavy atom. The van der Waals surface area contributed by atoms with Gasteiger partial charge in [0.2, 0.25) is 5.03 Å². The minimum Gasteiger partial charge on any atom is -0.465 e. The number of hydrogen-bond donors (Lipinski definition) is 0. The zero-order chi connectivity index (χ0) is 9.84. The van der Waals surface area contributed by atoms with Crippen LogP contribution in [-0.4, -0.2) is 19.3 Å². The number of nitrogens with zero attached hydrogens (tertiary/aromatic N) is 1. The van der Waals surface area contributed by atoms with Crippen LogP contribution in [0.25, 0.3) is 0 Å². The molecule has 3 nitrogen and oxygen atoms in total. The lowest BCUT2D eigenvalue weighted by atomic mass is 10.3. The number of esters is 1. The van der Waals surface area contributed by atoms with Gasteiger partial charge in [0.25, 0.3) is 0 Å². The molecule has 0 fully saturated rings. The van der Waals surface area contributed by atoms with E-state index >= 15 is 0 Å². The summed E-state index contributed by atoms with van der Waals surface area (Å²) in [7, 11) is 3.32. The monoisotopic (exact) mass is 198 g/mol. The first-order valence-corrected chi connectivity index (χ1v) is 5.03. The molecule has 13 heavy (non-hydrogen) atoms. The number of ether oxygens (including phenoxy) is 1. The lowest BCUT2D eigenvalue weighted by Gasteiger charge is -1.99. The molecule has 0 aromatic carbocycles. The predicted octanol–water partition coefficient (Wildman–Crippen LogP) is 1.02. The molecule has 0 amide bonds. The zero-order valence-electron chi connectivity index (χ0n) is 7.90. The van der Waals surface area contributed by atoms with Gasteiger partial charge < -0.3 is 4.74 Å². The van der Waals surface area contributed by atoms with E-state index < -0.39 is 0 Å². The fourth-order valence-corrected chi connectivity index (χ4v) is 1.59. The molecule has 1 rings (SSSR count). The third-order valence-corrected chi connectivity index (χ3v) is 2.56. The summed E-state index contributed by atoms with van der Waals surface area (Å²) >= 11 is 1.59. The van der Waals surface area contributed by atoms with Crippen molar-refractivity contribution >= 4 is 17.7 Å². The van der Waals surface area contributed by atoms with Gasteiger partial charge in [-0.25, -0.2) is 4.79 Å². The fraction of sp³-hybridized carbons (Fsp3) is 0.333. The molecular formula is C9H12NO2S+. The molecule has 0 bridgehead atoms. The molecular weight excluding hydrogens is 186 g/mol. The van der Waals surface area contributed by atoms with Crippen LogP contribution < -0.4 is 4.57 Å². The van der Waals surface area contributed by atoms with Crippen molar-refractivity contribution in [3.05, 3.63) is 23.9 Å². The van der Waals surface area contributed by atoms with Crippen molar-refractivity contribution in [3.8, 4) is 0 Å². The van der Waals surface area contributed by atoms with Crippen molar-refractivity contribution in [2.24, 2.45) is 7.05 Å². The van der Waals surface area contributed by atoms with Gasteiger partial charge in [-0.3, -0.25) is 0 Å². The molecule has 0 aliphatic carbocycles. The number of thioether (sulfide) groups is 1. The first-order valence-electron chi connectivity index (χ1n) is 3.81. The smallest absolute Gasteiger partial charge is 0.338 e. The second-order valence-corrected chi connectivity index (χ2v) is 3.39. The molecule has 0 atom stereocenters. The Hall–Kier alpha value is -1.03. The quantitative estimate of drug-likeness (QED) is 0.404. The van der Waals surface area contributed by atoms with Crippen molar-refractivity contribution < 1.29 is 14.1 Å². The Kier molecular flexibility index (Phi) is 3.31. The maximum absolute atomic E-state index is 11.2. The number of hydrogen-bond acceptors (Lipinski definition) is 3. The van der Waals surface area contributed by atoms with Crippen molar-refractivity contribution in [1.82, 2.24) is 0 Å². The van der Waals surface area contributed by atoms with Crippen molar-refractivity contribution in [3.63, 3.8) is 0 Å². The average Bonchev–Trinajstić information content (AvgIpc) is 2.17. The molecule has 1 aromatic heterocycles. The first-order chi connectivity index (χ1) is 6.19. The third kappa shape index (κ3) is 2.21. The van der Waals surface area contributed by atoms with Crippen LogP contribution in [0.5, 0.6) is 0 Å². The maximum atomic E-state index is 11.2. The first kappa shape index (κ1) is 10.1. The van der Waals surface area contributed by atoms with E-state index in [-0.39, 0.29) is 5.97 Å². The molecule has 0 saturated carbocycles. The summed E-state index contributed by atoms with van der Waals surface area (Å²) in [5.74, 6) is -0.295. The Morgan fingerprint density at radius 2 is 2.31 bits per heavy atom. The van der Waals surface area contributed by atoms with E-state index in [1.807, 2.05) is 30.1 Å². The van der Waals surface area contributed by atoms with Gasteiger partial charge in [-0.05, 0) is 6.26 Å². The summed E-state index contributed by atoms with van der Waals surface area (Å²) in [5.41, 5.74) is 0.588. The molecule has 0 unspecified atom stereocenters. The van der Waals surface area contributed by atoms with E-state index in [0.29, 0.717) is 5.56 Å². The number of pyridine rings is 1. The SMILES string of the molecule is COC(=O)c1cc[n+](C)c(SC)c1. The summed E-state index contributed by atoms with van der Waals surface area (Å²) in [6.45, 7) is 0. The Bertz CT molecular complexity index is 325. The molecule has 70 valence electrons. The van der Waals surface area contributed by atoms with Crippen LogP contribution >= 0.6 is 11.8 Å². The number of rotatable bonds is 2. The highest BCUT2D eigenvalue weighted by atomic mass is 32.2. The Labute approximate surface area is 81.7 Å². The molecule has 0 spiro atoms. The zero-order valence-corrected chi connectivity index (χ0v) is 8.72. The average molecular weight is 198 g/mol. The van der Waals surface area contributed by atoms with Gasteiger partial charge in [0.1, 0.15) is 7.05 Å². The van der Waals surface area contributed by atoms with Gasteiger partial charge >= 0.3 is 5.97 Å². The largest absolute Gasteiger partial charge is 0.465 e. The lowest BCUT2D eigenvalue weighted by Crippen LogP contribution is -2.30. The second kappa shape index (κ2) is 4.28. The molecule has 0 N–H and O–H groups in total. The van der Waals surface area contributed by atoms with E-state index in [1.54, 1.807) is 17.8 Å². The summed E-state index contributed by atoms with van der Waals surface area (Å²) in [5, 5.41) is 1.03. The van der Waals surface area contributed by atoms with E-state index in [4.69, 9.17) is 0 Å². The summed E-state index contributed by atoms with van der Waals surface area (Å²) < 4.78 is 6.57. The van der Waals surface area contributed by atoms with Crippen molar-refractivity contribution in [1.29, 1.82) is 0 Å². The molecule has 4 heteroatoms. The number of aromatic nitrogens is 1. The molecule has 1 aromatic rings. The Balaban J connectivity index is 3.06. The second-order valence-electron chi connectivity index (χ2n) is 2.56. The van der Waals surface area contributed by atoms with Gasteiger partial charge in [-0.2, -0.15) is 4.57 Å². The highest BCUT2D eigenvalue weighted by Gasteiger charge is 2.11.